The number of carbonyl (C=O) groups is 4. The van der Waals surface area contributed by atoms with Crippen LogP contribution < -0.4 is 14.2 Å². The number of aryl methyl sites for hydroxylation is 1. The van der Waals surface area contributed by atoms with Gasteiger partial charge in [-0.3, -0.25) is 23.9 Å². The zero-order valence-corrected chi connectivity index (χ0v) is 35.7. The van der Waals surface area contributed by atoms with Crippen LogP contribution in [0.5, 0.6) is 11.8 Å². The summed E-state index contributed by atoms with van der Waals surface area (Å²) < 4.78 is 74.6. The molecule has 2 aliphatic carbocycles. The standard InChI is InChI=1S/C44H57F2N3O9S/c1-26-12-7-8-13-28-23-44(28,40(53)48-59(54,55)42(5)17-18-42)24-35(50)34-21-29(57-38-32-15-10-9-14-30(32)31-16-11-19-56-37(31)47-38)25-49(34)39(52)33(27(2)20-26)22-36(51)58-41(3,4)43(6,45)46/h8-10,13-15,26-29,33-34H,7,11-12,16-25H2,1-6H3,(H,48,53)/b13-8-/t26-,27-,28-,29-,33+,34+,44-/m1/s1. The Hall–Kier alpha value is -4.14. The molecule has 2 amide bonds. The predicted octanol–water partition coefficient (Wildman–Crippen LogP) is 6.87. The smallest absolute Gasteiger partial charge is 0.307 e. The third kappa shape index (κ3) is 8.59. The highest BCUT2D eigenvalue weighted by molar-refractivity contribution is 7.91. The van der Waals surface area contributed by atoms with Crippen LogP contribution in [0.4, 0.5) is 8.78 Å². The Balaban J connectivity index is 1.24. The quantitative estimate of drug-likeness (QED) is 0.209. The second-order valence-corrected chi connectivity index (χ2v) is 20.9. The minimum Gasteiger partial charge on any atom is -0.477 e. The summed E-state index contributed by atoms with van der Waals surface area (Å²) >= 11 is 0. The van der Waals surface area contributed by atoms with Crippen molar-refractivity contribution in [3.05, 3.63) is 42.0 Å². The third-order valence-electron chi connectivity index (χ3n) is 13.6. The monoisotopic (exact) mass is 841 g/mol. The first-order valence-corrected chi connectivity index (χ1v) is 22.5. The van der Waals surface area contributed by atoms with Gasteiger partial charge in [0.25, 0.3) is 5.92 Å². The topological polar surface area (TPSA) is 158 Å². The van der Waals surface area contributed by atoms with E-state index in [0.29, 0.717) is 51.5 Å². The lowest BCUT2D eigenvalue weighted by Crippen LogP contribution is -2.49. The van der Waals surface area contributed by atoms with Crippen molar-refractivity contribution in [3.63, 3.8) is 0 Å². The number of nitrogens with zero attached hydrogens (tertiary/aromatic N) is 2. The van der Waals surface area contributed by atoms with Crippen molar-refractivity contribution in [1.29, 1.82) is 0 Å². The first-order valence-electron chi connectivity index (χ1n) is 21.0. The van der Waals surface area contributed by atoms with E-state index in [1.54, 1.807) is 6.92 Å². The Morgan fingerprint density at radius 3 is 2.49 bits per heavy atom. The second-order valence-electron chi connectivity index (χ2n) is 18.7. The number of sulfonamides is 1. The van der Waals surface area contributed by atoms with E-state index in [1.165, 1.54) is 4.90 Å². The van der Waals surface area contributed by atoms with Crippen LogP contribution in [0.25, 0.3) is 10.8 Å². The molecule has 3 fully saturated rings. The maximum atomic E-state index is 15.0. The molecule has 0 unspecified atom stereocenters. The van der Waals surface area contributed by atoms with E-state index in [0.717, 1.165) is 43.0 Å². The van der Waals surface area contributed by atoms with Crippen molar-refractivity contribution >= 4 is 44.4 Å². The minimum atomic E-state index is -4.01. The maximum Gasteiger partial charge on any atom is 0.307 e. The Kier molecular flexibility index (Phi) is 11.4. The summed E-state index contributed by atoms with van der Waals surface area (Å²) in [6.45, 7) is 8.81. The number of ether oxygens (including phenoxy) is 3. The number of hydrogen-bond donors (Lipinski definition) is 1. The lowest BCUT2D eigenvalue weighted by molar-refractivity contribution is -0.197. The van der Waals surface area contributed by atoms with Gasteiger partial charge >= 0.3 is 5.97 Å². The Bertz CT molecular complexity index is 2150. The molecule has 0 bridgehead atoms. The average Bonchev–Trinajstić information content (AvgIpc) is 4.04. The van der Waals surface area contributed by atoms with Gasteiger partial charge in [-0.1, -0.05) is 44.2 Å². The highest BCUT2D eigenvalue weighted by Crippen LogP contribution is 2.58. The molecule has 1 aromatic heterocycles. The molecule has 7 rings (SSSR count). The van der Waals surface area contributed by atoms with Crippen LogP contribution in [-0.2, 0) is 40.4 Å². The molecule has 5 aliphatic rings. The summed E-state index contributed by atoms with van der Waals surface area (Å²) in [5, 5.41) is 1.66. The molecule has 0 spiro atoms. The molecule has 0 radical (unpaired) electrons. The summed E-state index contributed by atoms with van der Waals surface area (Å²) in [7, 11) is -4.01. The van der Waals surface area contributed by atoms with Crippen LogP contribution in [-0.4, -0.2) is 83.4 Å². The molecule has 1 N–H and O–H groups in total. The van der Waals surface area contributed by atoms with Crippen molar-refractivity contribution in [3.8, 4) is 11.8 Å². The van der Waals surface area contributed by atoms with Gasteiger partial charge in [0, 0.05) is 30.7 Å². The number of allylic oxidation sites excluding steroid dienone is 2. The van der Waals surface area contributed by atoms with E-state index in [1.807, 2.05) is 50.3 Å². The number of amides is 2. The van der Waals surface area contributed by atoms with Crippen molar-refractivity contribution in [2.45, 2.75) is 141 Å². The molecular formula is C44H57F2N3O9S. The van der Waals surface area contributed by atoms with E-state index in [4.69, 9.17) is 19.2 Å². The van der Waals surface area contributed by atoms with E-state index >= 15 is 0 Å². The number of ketones is 1. The van der Waals surface area contributed by atoms with Gasteiger partial charge in [-0.2, -0.15) is 4.98 Å². The summed E-state index contributed by atoms with van der Waals surface area (Å²) in [6.07, 6.45) is 6.93. The average molecular weight is 842 g/mol. The fraction of sp³-hybridized carbons (Fsp3) is 0.659. The number of Topliss-reactive ketones (excluding diaryl/α,β-unsaturated/α-hetero) is 1. The molecule has 15 heteroatoms. The first-order chi connectivity index (χ1) is 27.6. The maximum absolute atomic E-state index is 15.0. The van der Waals surface area contributed by atoms with Crippen LogP contribution >= 0.6 is 0 Å². The van der Waals surface area contributed by atoms with Gasteiger partial charge in [0.15, 0.2) is 11.4 Å². The van der Waals surface area contributed by atoms with Crippen molar-refractivity contribution in [2.75, 3.05) is 13.2 Å². The molecule has 59 heavy (non-hydrogen) atoms. The number of halogens is 2. The molecule has 322 valence electrons. The van der Waals surface area contributed by atoms with Crippen LogP contribution in [0.3, 0.4) is 0 Å². The van der Waals surface area contributed by atoms with Crippen molar-refractivity contribution in [1.82, 2.24) is 14.6 Å². The fourth-order valence-electron chi connectivity index (χ4n) is 8.98. The largest absolute Gasteiger partial charge is 0.477 e. The van der Waals surface area contributed by atoms with Crippen LogP contribution in [0.1, 0.15) is 111 Å². The number of aromatic nitrogens is 1. The summed E-state index contributed by atoms with van der Waals surface area (Å²) in [5.41, 5.74) is -2.51. The number of nitrogens with one attached hydrogen (secondary N) is 1. The van der Waals surface area contributed by atoms with Crippen molar-refractivity contribution < 1.29 is 50.6 Å². The number of esters is 1. The van der Waals surface area contributed by atoms with Gasteiger partial charge < -0.3 is 19.1 Å². The number of fused-ring (bicyclic) bond motifs is 5. The van der Waals surface area contributed by atoms with E-state index < -0.39 is 85.7 Å². The first kappa shape index (κ1) is 43.0. The summed E-state index contributed by atoms with van der Waals surface area (Å²) in [5.74, 6) is -7.04. The van der Waals surface area contributed by atoms with Crippen LogP contribution in [0.2, 0.25) is 0 Å². The van der Waals surface area contributed by atoms with Gasteiger partial charge in [0.1, 0.15) is 6.10 Å². The van der Waals surface area contributed by atoms with Gasteiger partial charge in [0.05, 0.1) is 41.7 Å². The number of alkyl halides is 2. The van der Waals surface area contributed by atoms with E-state index in [2.05, 4.69) is 4.72 Å². The van der Waals surface area contributed by atoms with Crippen LogP contribution in [0.15, 0.2) is 36.4 Å². The van der Waals surface area contributed by atoms with Crippen molar-refractivity contribution in [2.24, 2.45) is 29.1 Å². The molecule has 1 saturated heterocycles. The molecule has 3 aliphatic heterocycles. The number of hydrogen-bond acceptors (Lipinski definition) is 10. The predicted molar refractivity (Wildman–Crippen MR) is 215 cm³/mol. The highest BCUT2D eigenvalue weighted by atomic mass is 32.2. The number of rotatable bonds is 9. The molecule has 2 aromatic rings. The highest BCUT2D eigenvalue weighted by Gasteiger charge is 2.63. The van der Waals surface area contributed by atoms with Gasteiger partial charge in [-0.25, -0.2) is 17.2 Å². The van der Waals surface area contributed by atoms with Gasteiger partial charge in [-0.05, 0) is 101 Å². The lowest BCUT2D eigenvalue weighted by Gasteiger charge is -2.34. The number of pyridine rings is 1. The Morgan fingerprint density at radius 1 is 1.08 bits per heavy atom. The fourth-order valence-corrected chi connectivity index (χ4v) is 10.3. The molecule has 1 aromatic carbocycles. The zero-order valence-electron chi connectivity index (χ0n) is 34.9. The Morgan fingerprint density at radius 2 is 1.80 bits per heavy atom. The minimum absolute atomic E-state index is 0.0319. The third-order valence-corrected chi connectivity index (χ3v) is 15.8. The summed E-state index contributed by atoms with van der Waals surface area (Å²) in [4.78, 5) is 63.4. The van der Waals surface area contributed by atoms with Crippen LogP contribution in [0, 0.1) is 29.1 Å². The molecular weight excluding hydrogens is 785 g/mol. The zero-order chi connectivity index (χ0) is 42.7. The Labute approximate surface area is 345 Å². The van der Waals surface area contributed by atoms with E-state index in [-0.39, 0.29) is 43.5 Å². The summed E-state index contributed by atoms with van der Waals surface area (Å²) in [6, 6.07) is 6.55. The normalized spacial score (nSPS) is 30.4. The number of carbonyl (C=O) groups excluding carboxylic acids is 4. The molecule has 12 nitrogen and oxygen atoms in total. The van der Waals surface area contributed by atoms with E-state index in [9.17, 15) is 36.4 Å². The molecule has 4 heterocycles. The van der Waals surface area contributed by atoms with Gasteiger partial charge in [0.2, 0.25) is 33.6 Å². The van der Waals surface area contributed by atoms with Gasteiger partial charge in [-0.15, -0.1) is 0 Å². The molecule has 7 atom stereocenters. The SMILES string of the molecule is C[C@@H]1CC/C=C\[C@@H]2C[C@@]2(C(=O)NS(=O)(=O)C2(C)CC2)CC(=O)[C@@H]2C[C@@H](Oc3nc4c(c5ccccc35)CCCO4)CN2C(=O)[C@@H](CC(=O)OC(C)(C)C(C)(F)F)[C@H](C)C1. The number of benzene rings is 1. The lowest BCUT2D eigenvalue weighted by atomic mass is 9.82. The second kappa shape index (κ2) is 15.7. The molecule has 2 saturated carbocycles.